The Kier molecular flexibility index (Phi) is 5.27. The van der Waals surface area contributed by atoms with Crippen molar-refractivity contribution in [2.75, 3.05) is 45.9 Å². The molecule has 2 heterocycles. The number of hydrogen-bond donors (Lipinski definition) is 3. The number of benzene rings is 1. The van der Waals surface area contributed by atoms with Crippen molar-refractivity contribution in [3.63, 3.8) is 0 Å². The van der Waals surface area contributed by atoms with Crippen LogP contribution in [0.2, 0.25) is 0 Å². The first-order chi connectivity index (χ1) is 11.2. The lowest BCUT2D eigenvalue weighted by atomic mass is 9.99. The predicted molar refractivity (Wildman–Crippen MR) is 90.4 cm³/mol. The van der Waals surface area contributed by atoms with E-state index < -0.39 is 6.10 Å². The van der Waals surface area contributed by atoms with E-state index in [1.54, 1.807) is 6.20 Å². The first-order valence-electron chi connectivity index (χ1n) is 8.34. The first-order valence-corrected chi connectivity index (χ1v) is 8.34. The predicted octanol–water partition coefficient (Wildman–Crippen LogP) is 0.905. The fourth-order valence-corrected chi connectivity index (χ4v) is 3.31. The molecule has 1 aliphatic heterocycles. The fraction of sp³-hybridized carbons (Fsp3) is 0.588. The smallest absolute Gasteiger partial charge is 0.0805 e. The highest BCUT2D eigenvalue weighted by Crippen LogP contribution is 2.25. The molecule has 126 valence electrons. The molecule has 1 atom stereocenters. The number of nitrogens with one attached hydrogen (secondary N) is 1. The summed E-state index contributed by atoms with van der Waals surface area (Å²) in [6.07, 6.45) is 2.10. The molecule has 3 N–H and O–H groups in total. The number of β-amino-alcohol motifs (C(OH)–C–C–N with tert-alkyl or cyclic N) is 1. The van der Waals surface area contributed by atoms with Crippen molar-refractivity contribution in [2.45, 2.75) is 19.4 Å². The van der Waals surface area contributed by atoms with E-state index in [2.05, 4.69) is 26.1 Å². The average Bonchev–Trinajstić information content (AvgIpc) is 3.00. The van der Waals surface area contributed by atoms with Crippen molar-refractivity contribution in [2.24, 2.45) is 0 Å². The number of aromatic amines is 1. The van der Waals surface area contributed by atoms with Gasteiger partial charge in [-0.25, -0.2) is 0 Å². The lowest BCUT2D eigenvalue weighted by molar-refractivity contribution is 0.0922. The molecule has 6 heteroatoms. The molecule has 1 aromatic heterocycles. The largest absolute Gasteiger partial charge is 0.395 e. The second kappa shape index (κ2) is 7.40. The van der Waals surface area contributed by atoms with Gasteiger partial charge >= 0.3 is 0 Å². The van der Waals surface area contributed by atoms with Gasteiger partial charge in [-0.3, -0.25) is 10.00 Å². The maximum absolute atomic E-state index is 10.6. The van der Waals surface area contributed by atoms with E-state index in [1.165, 1.54) is 0 Å². The molecule has 1 aromatic carbocycles. The Balaban J connectivity index is 1.54. The summed E-state index contributed by atoms with van der Waals surface area (Å²) < 4.78 is 0. The Hall–Kier alpha value is -1.47. The second-order valence-corrected chi connectivity index (χ2v) is 6.38. The third-order valence-electron chi connectivity index (χ3n) is 4.79. The Morgan fingerprint density at radius 2 is 1.87 bits per heavy atom. The molecule has 1 fully saturated rings. The number of piperazine rings is 1. The van der Waals surface area contributed by atoms with Crippen LogP contribution in [0.15, 0.2) is 18.3 Å². The molecule has 2 aromatic rings. The second-order valence-electron chi connectivity index (χ2n) is 6.38. The summed E-state index contributed by atoms with van der Waals surface area (Å²) in [5.74, 6) is 0. The van der Waals surface area contributed by atoms with Crippen LogP contribution in [0.1, 0.15) is 23.7 Å². The summed E-state index contributed by atoms with van der Waals surface area (Å²) in [7, 11) is 0. The van der Waals surface area contributed by atoms with E-state index in [-0.39, 0.29) is 6.61 Å². The number of aliphatic hydroxyl groups excluding tert-OH is 2. The molecule has 0 aliphatic carbocycles. The lowest BCUT2D eigenvalue weighted by Crippen LogP contribution is -2.47. The average molecular weight is 318 g/mol. The number of H-pyrrole nitrogens is 1. The van der Waals surface area contributed by atoms with Gasteiger partial charge < -0.3 is 15.1 Å². The van der Waals surface area contributed by atoms with Gasteiger partial charge in [0.05, 0.1) is 24.4 Å². The normalized spacial score (nSPS) is 18.6. The van der Waals surface area contributed by atoms with E-state index in [9.17, 15) is 5.11 Å². The molecule has 23 heavy (non-hydrogen) atoms. The van der Waals surface area contributed by atoms with Gasteiger partial charge in [0.1, 0.15) is 0 Å². The molecular weight excluding hydrogens is 292 g/mol. The summed E-state index contributed by atoms with van der Waals surface area (Å²) >= 11 is 0. The minimum atomic E-state index is -0.440. The summed E-state index contributed by atoms with van der Waals surface area (Å²) in [6.45, 7) is 7.94. The number of hydrogen-bond acceptors (Lipinski definition) is 5. The van der Waals surface area contributed by atoms with Crippen molar-refractivity contribution in [3.05, 3.63) is 29.5 Å². The van der Waals surface area contributed by atoms with Crippen LogP contribution in [0.5, 0.6) is 0 Å². The lowest BCUT2D eigenvalue weighted by Gasteiger charge is -2.34. The number of fused-ring (bicyclic) bond motifs is 1. The van der Waals surface area contributed by atoms with E-state index in [0.717, 1.165) is 67.7 Å². The third kappa shape index (κ3) is 3.90. The van der Waals surface area contributed by atoms with Gasteiger partial charge in [0, 0.05) is 44.7 Å². The molecule has 6 nitrogen and oxygen atoms in total. The van der Waals surface area contributed by atoms with Crippen LogP contribution in [0, 0.1) is 6.92 Å². The fourth-order valence-electron chi connectivity index (χ4n) is 3.31. The van der Waals surface area contributed by atoms with Crippen molar-refractivity contribution < 1.29 is 10.2 Å². The minimum absolute atomic E-state index is 0.231. The van der Waals surface area contributed by atoms with Crippen LogP contribution in [0.3, 0.4) is 0 Å². The van der Waals surface area contributed by atoms with Crippen molar-refractivity contribution in [1.82, 2.24) is 20.0 Å². The molecule has 0 amide bonds. The van der Waals surface area contributed by atoms with Crippen molar-refractivity contribution >= 4 is 10.9 Å². The van der Waals surface area contributed by atoms with Gasteiger partial charge in [-0.05, 0) is 36.6 Å². The van der Waals surface area contributed by atoms with Crippen LogP contribution in [0.25, 0.3) is 10.9 Å². The van der Waals surface area contributed by atoms with Crippen LogP contribution in [0.4, 0.5) is 0 Å². The van der Waals surface area contributed by atoms with E-state index in [0.29, 0.717) is 0 Å². The Morgan fingerprint density at radius 1 is 1.17 bits per heavy atom. The zero-order chi connectivity index (χ0) is 16.2. The molecule has 0 saturated carbocycles. The number of nitrogens with zero attached hydrogens (tertiary/aromatic N) is 3. The standard InChI is InChI=1S/C17H26N4O2/c1-13-10-16-14(12-18-19-16)11-15(13)17(23)2-3-20-4-6-21(7-5-20)8-9-22/h10-12,17,22-23H,2-9H2,1H3,(H,18,19). The highest BCUT2D eigenvalue weighted by molar-refractivity contribution is 5.79. The first kappa shape index (κ1) is 16.4. The van der Waals surface area contributed by atoms with Gasteiger partial charge in [0.2, 0.25) is 0 Å². The number of rotatable bonds is 6. The van der Waals surface area contributed by atoms with E-state index >= 15 is 0 Å². The van der Waals surface area contributed by atoms with Crippen LogP contribution < -0.4 is 0 Å². The van der Waals surface area contributed by atoms with Crippen molar-refractivity contribution in [1.29, 1.82) is 0 Å². The van der Waals surface area contributed by atoms with Gasteiger partial charge in [-0.2, -0.15) is 5.10 Å². The maximum Gasteiger partial charge on any atom is 0.0805 e. The molecule has 1 aliphatic rings. The quantitative estimate of drug-likeness (QED) is 0.738. The Morgan fingerprint density at radius 3 is 2.57 bits per heavy atom. The molecule has 0 radical (unpaired) electrons. The Labute approximate surface area is 136 Å². The van der Waals surface area contributed by atoms with E-state index in [1.807, 2.05) is 13.0 Å². The molecule has 1 saturated heterocycles. The van der Waals surface area contributed by atoms with Crippen molar-refractivity contribution in [3.8, 4) is 0 Å². The van der Waals surface area contributed by atoms with Crippen LogP contribution in [-0.4, -0.2) is 76.1 Å². The van der Waals surface area contributed by atoms with Crippen LogP contribution >= 0.6 is 0 Å². The number of aliphatic hydroxyl groups is 2. The van der Waals surface area contributed by atoms with Gasteiger partial charge in [-0.1, -0.05) is 0 Å². The minimum Gasteiger partial charge on any atom is -0.395 e. The zero-order valence-corrected chi connectivity index (χ0v) is 13.7. The monoisotopic (exact) mass is 318 g/mol. The molecule has 3 rings (SSSR count). The SMILES string of the molecule is Cc1cc2[nH]ncc2cc1C(O)CCN1CCN(CCO)CC1. The topological polar surface area (TPSA) is 75.6 Å². The van der Waals surface area contributed by atoms with Gasteiger partial charge in [-0.15, -0.1) is 0 Å². The number of aryl methyl sites for hydroxylation is 1. The summed E-state index contributed by atoms with van der Waals surface area (Å²) in [5.41, 5.74) is 3.11. The molecule has 0 spiro atoms. The molecular formula is C17H26N4O2. The highest BCUT2D eigenvalue weighted by Gasteiger charge is 2.18. The summed E-state index contributed by atoms with van der Waals surface area (Å²) in [6, 6.07) is 4.09. The van der Waals surface area contributed by atoms with Gasteiger partial charge in [0.15, 0.2) is 0 Å². The zero-order valence-electron chi connectivity index (χ0n) is 13.7. The Bertz CT molecular complexity index is 635. The molecule has 0 bridgehead atoms. The molecule has 1 unspecified atom stereocenters. The third-order valence-corrected chi connectivity index (χ3v) is 4.79. The van der Waals surface area contributed by atoms with E-state index in [4.69, 9.17) is 5.11 Å². The maximum atomic E-state index is 10.6. The summed E-state index contributed by atoms with van der Waals surface area (Å²) in [4.78, 5) is 4.67. The van der Waals surface area contributed by atoms with Gasteiger partial charge in [0.25, 0.3) is 0 Å². The number of aromatic nitrogens is 2. The van der Waals surface area contributed by atoms with Crippen LogP contribution in [-0.2, 0) is 0 Å². The summed E-state index contributed by atoms with van der Waals surface area (Å²) in [5, 5.41) is 27.6. The highest BCUT2D eigenvalue weighted by atomic mass is 16.3.